The Morgan fingerprint density at radius 1 is 1.05 bits per heavy atom. The Morgan fingerprint density at radius 3 is 2.60 bits per heavy atom. The van der Waals surface area contributed by atoms with Crippen molar-refractivity contribution in [1.82, 2.24) is 4.57 Å². The van der Waals surface area contributed by atoms with Gasteiger partial charge >= 0.3 is 5.97 Å². The normalized spacial score (nSPS) is 17.7. The summed E-state index contributed by atoms with van der Waals surface area (Å²) < 4.78 is 18.9. The first kappa shape index (κ1) is 27.2. The minimum absolute atomic E-state index is 0.118. The molecule has 3 aromatic carbocycles. The number of thiazole rings is 1. The maximum atomic E-state index is 14.2. The van der Waals surface area contributed by atoms with Crippen LogP contribution in [0.4, 0.5) is 5.69 Å². The Balaban J connectivity index is 1.43. The molecule has 1 saturated heterocycles. The molecule has 8 nitrogen and oxygen atoms in total. The maximum Gasteiger partial charge on any atom is 0.338 e. The molecule has 9 heteroatoms. The number of anilines is 1. The molecule has 1 aromatic heterocycles. The predicted octanol–water partition coefficient (Wildman–Crippen LogP) is 4.57. The third kappa shape index (κ3) is 4.93. The highest BCUT2D eigenvalue weighted by atomic mass is 32.1. The number of esters is 1. The fourth-order valence-corrected chi connectivity index (χ4v) is 6.97. The zero-order valence-corrected chi connectivity index (χ0v) is 24.9. The molecule has 218 valence electrons. The summed E-state index contributed by atoms with van der Waals surface area (Å²) in [6.07, 6.45) is 4.36. The summed E-state index contributed by atoms with van der Waals surface area (Å²) in [6, 6.07) is 20.7. The van der Waals surface area contributed by atoms with Crippen LogP contribution in [0.2, 0.25) is 0 Å². The molecular weight excluding hydrogens is 562 g/mol. The van der Waals surface area contributed by atoms with Gasteiger partial charge in [0.1, 0.15) is 0 Å². The first-order valence-electron chi connectivity index (χ1n) is 14.6. The van der Waals surface area contributed by atoms with Crippen molar-refractivity contribution < 1.29 is 19.0 Å². The second-order valence-corrected chi connectivity index (χ2v) is 11.8. The average molecular weight is 594 g/mol. The van der Waals surface area contributed by atoms with Crippen molar-refractivity contribution in [3.63, 3.8) is 0 Å². The van der Waals surface area contributed by atoms with Crippen molar-refractivity contribution in [2.45, 2.75) is 32.7 Å². The molecule has 3 aliphatic heterocycles. The Labute approximate surface area is 252 Å². The van der Waals surface area contributed by atoms with Crippen LogP contribution in [0.1, 0.15) is 48.1 Å². The summed E-state index contributed by atoms with van der Waals surface area (Å²) in [5.41, 5.74) is 5.32. The quantitative estimate of drug-likeness (QED) is 0.305. The summed E-state index contributed by atoms with van der Waals surface area (Å²) >= 11 is 1.32. The van der Waals surface area contributed by atoms with Gasteiger partial charge in [-0.25, -0.2) is 9.79 Å². The molecule has 0 spiro atoms. The van der Waals surface area contributed by atoms with E-state index in [-0.39, 0.29) is 19.0 Å². The van der Waals surface area contributed by atoms with Crippen LogP contribution in [0.5, 0.6) is 11.5 Å². The molecule has 7 rings (SSSR count). The smallest absolute Gasteiger partial charge is 0.338 e. The number of carbonyl (C=O) groups excluding carboxylic acids is 1. The highest BCUT2D eigenvalue weighted by Crippen LogP contribution is 2.40. The molecule has 0 saturated carbocycles. The van der Waals surface area contributed by atoms with Gasteiger partial charge < -0.3 is 19.1 Å². The van der Waals surface area contributed by atoms with Crippen LogP contribution in [0, 0.1) is 6.92 Å². The number of nitrogens with zero attached hydrogens (tertiary/aromatic N) is 3. The molecule has 0 unspecified atom stereocenters. The SMILES string of the molecule is CCOC(=O)C1=C(c2ccccc2)N=c2s/c(=C/c3ccc(N4CCCC4)cc3C)c(=O)n2[C@H]1c1ccc2c(c1)OCO2. The first-order chi connectivity index (χ1) is 21.0. The van der Waals surface area contributed by atoms with Gasteiger partial charge in [-0.15, -0.1) is 0 Å². The van der Waals surface area contributed by atoms with Crippen LogP contribution in [-0.4, -0.2) is 37.0 Å². The lowest BCUT2D eigenvalue weighted by atomic mass is 9.93. The molecule has 0 N–H and O–H groups in total. The van der Waals surface area contributed by atoms with Crippen molar-refractivity contribution in [2.75, 3.05) is 31.4 Å². The fourth-order valence-electron chi connectivity index (χ4n) is 5.97. The lowest BCUT2D eigenvalue weighted by molar-refractivity contribution is -0.138. The molecule has 0 aliphatic carbocycles. The summed E-state index contributed by atoms with van der Waals surface area (Å²) in [6.45, 7) is 6.29. The van der Waals surface area contributed by atoms with E-state index in [9.17, 15) is 9.59 Å². The van der Waals surface area contributed by atoms with E-state index in [0.717, 1.165) is 29.8 Å². The highest BCUT2D eigenvalue weighted by Gasteiger charge is 2.36. The Hall–Kier alpha value is -4.63. The molecule has 0 radical (unpaired) electrons. The number of benzene rings is 3. The molecule has 4 heterocycles. The average Bonchev–Trinajstić information content (AvgIpc) is 3.79. The standard InChI is InChI=1S/C34H31N3O5S/c1-3-40-33(39)29-30(22-9-5-4-6-10-22)35-34-37(31(29)24-12-14-26-27(18-24)42-20-41-26)32(38)28(43-34)19-23-11-13-25(17-21(23)2)36-15-7-8-16-36/h4-6,9-14,17-19,31H,3,7-8,15-16,20H2,1-2H3/b28-19+/t31-/m0/s1. The molecule has 0 bridgehead atoms. The minimum atomic E-state index is -0.777. The maximum absolute atomic E-state index is 14.2. The molecule has 0 amide bonds. The predicted molar refractivity (Wildman–Crippen MR) is 166 cm³/mol. The van der Waals surface area contributed by atoms with Gasteiger partial charge in [-0.05, 0) is 73.7 Å². The van der Waals surface area contributed by atoms with Gasteiger partial charge in [-0.3, -0.25) is 9.36 Å². The number of hydrogen-bond acceptors (Lipinski definition) is 8. The summed E-state index contributed by atoms with van der Waals surface area (Å²) in [4.78, 5) is 35.8. The number of ether oxygens (including phenoxy) is 3. The van der Waals surface area contributed by atoms with Gasteiger partial charge in [-0.1, -0.05) is 53.8 Å². The summed E-state index contributed by atoms with van der Waals surface area (Å²) in [5, 5.41) is 0. The van der Waals surface area contributed by atoms with E-state index in [2.05, 4.69) is 30.0 Å². The van der Waals surface area contributed by atoms with Crippen LogP contribution in [0.15, 0.2) is 82.1 Å². The zero-order chi connectivity index (χ0) is 29.5. The molecule has 1 fully saturated rings. The van der Waals surface area contributed by atoms with Crippen LogP contribution in [0.25, 0.3) is 11.8 Å². The van der Waals surface area contributed by atoms with E-state index in [1.165, 1.54) is 29.9 Å². The van der Waals surface area contributed by atoms with Crippen LogP contribution in [0.3, 0.4) is 0 Å². The Morgan fingerprint density at radius 2 is 1.84 bits per heavy atom. The van der Waals surface area contributed by atoms with E-state index in [4.69, 9.17) is 19.2 Å². The van der Waals surface area contributed by atoms with Crippen molar-refractivity contribution in [3.05, 3.63) is 114 Å². The third-order valence-corrected chi connectivity index (χ3v) is 9.08. The van der Waals surface area contributed by atoms with Gasteiger partial charge in [0.2, 0.25) is 6.79 Å². The Kier molecular flexibility index (Phi) is 7.10. The van der Waals surface area contributed by atoms with Crippen molar-refractivity contribution in [2.24, 2.45) is 4.99 Å². The van der Waals surface area contributed by atoms with Crippen LogP contribution < -0.4 is 29.3 Å². The second kappa shape index (κ2) is 11.2. The molecular formula is C34H31N3O5S. The van der Waals surface area contributed by atoms with Crippen LogP contribution in [-0.2, 0) is 9.53 Å². The molecule has 1 atom stereocenters. The topological polar surface area (TPSA) is 82.4 Å². The summed E-state index contributed by atoms with van der Waals surface area (Å²) in [7, 11) is 0. The zero-order valence-electron chi connectivity index (χ0n) is 24.0. The molecule has 3 aliphatic rings. The van der Waals surface area contributed by atoms with Gasteiger partial charge in [0, 0.05) is 24.3 Å². The number of carbonyl (C=O) groups is 1. The summed E-state index contributed by atoms with van der Waals surface area (Å²) in [5.74, 6) is 0.666. The lowest BCUT2D eigenvalue weighted by Gasteiger charge is -2.26. The number of hydrogen-bond donors (Lipinski definition) is 0. The first-order valence-corrected chi connectivity index (χ1v) is 15.4. The van der Waals surface area contributed by atoms with Gasteiger partial charge in [-0.2, -0.15) is 0 Å². The number of aromatic nitrogens is 1. The fraction of sp³-hybridized carbons (Fsp3) is 0.265. The number of aryl methyl sites for hydroxylation is 1. The highest BCUT2D eigenvalue weighted by molar-refractivity contribution is 7.07. The second-order valence-electron chi connectivity index (χ2n) is 10.8. The number of fused-ring (bicyclic) bond motifs is 2. The molecule has 43 heavy (non-hydrogen) atoms. The third-order valence-electron chi connectivity index (χ3n) is 8.10. The number of rotatable bonds is 6. The van der Waals surface area contributed by atoms with E-state index < -0.39 is 12.0 Å². The Bertz CT molecular complexity index is 1940. The van der Waals surface area contributed by atoms with Gasteiger partial charge in [0.15, 0.2) is 16.3 Å². The largest absolute Gasteiger partial charge is 0.463 e. The van der Waals surface area contributed by atoms with Crippen molar-refractivity contribution in [3.8, 4) is 11.5 Å². The van der Waals surface area contributed by atoms with Gasteiger partial charge in [0.05, 0.1) is 28.5 Å². The minimum Gasteiger partial charge on any atom is -0.463 e. The monoisotopic (exact) mass is 593 g/mol. The van der Waals surface area contributed by atoms with E-state index in [1.807, 2.05) is 54.6 Å². The van der Waals surface area contributed by atoms with Crippen molar-refractivity contribution in [1.29, 1.82) is 0 Å². The van der Waals surface area contributed by atoms with Crippen LogP contribution >= 0.6 is 11.3 Å². The van der Waals surface area contributed by atoms with Gasteiger partial charge in [0.25, 0.3) is 5.56 Å². The van der Waals surface area contributed by atoms with E-state index >= 15 is 0 Å². The van der Waals surface area contributed by atoms with E-state index in [1.54, 1.807) is 11.5 Å². The lowest BCUT2D eigenvalue weighted by Crippen LogP contribution is -2.40. The van der Waals surface area contributed by atoms with E-state index in [0.29, 0.717) is 37.7 Å². The molecule has 4 aromatic rings. The van der Waals surface area contributed by atoms with Crippen molar-refractivity contribution >= 4 is 34.8 Å².